The van der Waals surface area contributed by atoms with Crippen LogP contribution in [0, 0.1) is 0 Å². The summed E-state index contributed by atoms with van der Waals surface area (Å²) in [7, 11) is 0. The third kappa shape index (κ3) is 24.2. The van der Waals surface area contributed by atoms with Gasteiger partial charge in [0.15, 0.2) is 0 Å². The molecule has 2 amide bonds. The number of nitrogens with one attached hydrogen (secondary N) is 1. The van der Waals surface area contributed by atoms with E-state index in [0.29, 0.717) is 0 Å². The third-order valence-corrected chi connectivity index (χ3v) is 6.91. The predicted octanol–water partition coefficient (Wildman–Crippen LogP) is 10.0. The van der Waals surface area contributed by atoms with E-state index >= 15 is 0 Å². The summed E-state index contributed by atoms with van der Waals surface area (Å²) in [5, 5.41) is 3.23. The second kappa shape index (κ2) is 27.5. The molecule has 0 aliphatic heterocycles. The maximum Gasteiger partial charge on any atom is 0.317 e. The van der Waals surface area contributed by atoms with Gasteiger partial charge in [-0.2, -0.15) is 0 Å². The molecule has 0 aliphatic rings. The number of rotatable bonds is 26. The molecule has 0 fully saturated rings. The van der Waals surface area contributed by atoms with Gasteiger partial charge in [0.2, 0.25) is 0 Å². The normalized spacial score (nSPS) is 11.1. The van der Waals surface area contributed by atoms with Crippen molar-refractivity contribution in [2.75, 3.05) is 19.6 Å². The van der Waals surface area contributed by atoms with Crippen molar-refractivity contribution in [3.05, 3.63) is 0 Å². The molecule has 1 N–H and O–H groups in total. The molecule has 0 aliphatic carbocycles. The van der Waals surface area contributed by atoms with E-state index in [1.165, 1.54) is 128 Å². The highest BCUT2D eigenvalue weighted by atomic mass is 16.2. The Hall–Kier alpha value is -0.730. The minimum Gasteiger partial charge on any atom is -0.338 e. The lowest BCUT2D eigenvalue weighted by atomic mass is 10.1. The van der Waals surface area contributed by atoms with E-state index in [2.05, 4.69) is 31.0 Å². The number of urea groups is 1. The fraction of sp³-hybridized carbons (Fsp3) is 0.967. The summed E-state index contributed by atoms with van der Waals surface area (Å²) >= 11 is 0. The van der Waals surface area contributed by atoms with E-state index in [1.54, 1.807) is 0 Å². The minimum atomic E-state index is 0.187. The van der Waals surface area contributed by atoms with Gasteiger partial charge in [0.25, 0.3) is 0 Å². The lowest BCUT2D eigenvalue weighted by Gasteiger charge is -2.23. The molecule has 198 valence electrons. The Kier molecular flexibility index (Phi) is 26.9. The van der Waals surface area contributed by atoms with Gasteiger partial charge < -0.3 is 10.2 Å². The lowest BCUT2D eigenvalue weighted by molar-refractivity contribution is 0.195. The van der Waals surface area contributed by atoms with Crippen molar-refractivity contribution in [1.82, 2.24) is 10.2 Å². The number of hydrogen-bond acceptors (Lipinski definition) is 1. The van der Waals surface area contributed by atoms with Crippen LogP contribution in [-0.2, 0) is 0 Å². The molecule has 3 heteroatoms. The highest BCUT2D eigenvalue weighted by Gasteiger charge is 2.12. The molecule has 0 radical (unpaired) electrons. The van der Waals surface area contributed by atoms with Crippen LogP contribution in [0.1, 0.15) is 168 Å². The number of unbranched alkanes of at least 4 members (excludes halogenated alkanes) is 20. The first-order valence-corrected chi connectivity index (χ1v) is 15.3. The van der Waals surface area contributed by atoms with Gasteiger partial charge in [0.1, 0.15) is 0 Å². The summed E-state index contributed by atoms with van der Waals surface area (Å²) in [5.41, 5.74) is 0. The van der Waals surface area contributed by atoms with Crippen LogP contribution in [0.25, 0.3) is 0 Å². The van der Waals surface area contributed by atoms with Crippen molar-refractivity contribution in [3.8, 4) is 0 Å². The fourth-order valence-corrected chi connectivity index (χ4v) is 4.58. The largest absolute Gasteiger partial charge is 0.338 e. The quantitative estimate of drug-likeness (QED) is 0.126. The standard InChI is InChI=1S/C30H62N2O/c1-4-7-10-13-16-17-18-21-24-27-31-30(33)32(28-25-22-19-14-11-8-5-2)29-26-23-20-15-12-9-6-3/h4-29H2,1-3H3,(H,31,33). The Morgan fingerprint density at radius 2 is 0.758 bits per heavy atom. The van der Waals surface area contributed by atoms with Gasteiger partial charge in [0.05, 0.1) is 0 Å². The van der Waals surface area contributed by atoms with Crippen LogP contribution in [-0.4, -0.2) is 30.6 Å². The van der Waals surface area contributed by atoms with Gasteiger partial charge in [-0.05, 0) is 19.3 Å². The van der Waals surface area contributed by atoms with E-state index in [1.807, 2.05) is 0 Å². The molecule has 0 saturated carbocycles. The van der Waals surface area contributed by atoms with Gasteiger partial charge in [-0.15, -0.1) is 0 Å². The van der Waals surface area contributed by atoms with Crippen LogP contribution < -0.4 is 5.32 Å². The fourth-order valence-electron chi connectivity index (χ4n) is 4.58. The number of hydrogen-bond donors (Lipinski definition) is 1. The molecule has 0 aromatic rings. The number of nitrogens with zero attached hydrogens (tertiary/aromatic N) is 1. The Morgan fingerprint density at radius 3 is 1.12 bits per heavy atom. The van der Waals surface area contributed by atoms with Crippen LogP contribution in [0.3, 0.4) is 0 Å². The topological polar surface area (TPSA) is 32.3 Å². The molecule has 0 aromatic heterocycles. The average molecular weight is 467 g/mol. The maximum absolute atomic E-state index is 12.8. The van der Waals surface area contributed by atoms with Gasteiger partial charge in [-0.3, -0.25) is 0 Å². The predicted molar refractivity (Wildman–Crippen MR) is 148 cm³/mol. The van der Waals surface area contributed by atoms with Crippen molar-refractivity contribution in [3.63, 3.8) is 0 Å². The van der Waals surface area contributed by atoms with E-state index in [0.717, 1.165) is 38.9 Å². The smallest absolute Gasteiger partial charge is 0.317 e. The summed E-state index contributed by atoms with van der Waals surface area (Å²) in [5.74, 6) is 0. The summed E-state index contributed by atoms with van der Waals surface area (Å²) in [4.78, 5) is 14.9. The molecule has 0 spiro atoms. The first-order valence-electron chi connectivity index (χ1n) is 15.3. The molecule has 3 nitrogen and oxygen atoms in total. The zero-order chi connectivity index (χ0) is 24.2. The van der Waals surface area contributed by atoms with Crippen LogP contribution in [0.5, 0.6) is 0 Å². The molecule has 0 bridgehead atoms. The van der Waals surface area contributed by atoms with Gasteiger partial charge in [-0.25, -0.2) is 4.79 Å². The van der Waals surface area contributed by atoms with Gasteiger partial charge in [-0.1, -0.05) is 149 Å². The maximum atomic E-state index is 12.8. The minimum absolute atomic E-state index is 0.187. The number of carbonyl (C=O) groups excluding carboxylic acids is 1. The number of carbonyl (C=O) groups is 1. The van der Waals surface area contributed by atoms with Crippen molar-refractivity contribution >= 4 is 6.03 Å². The molecule has 0 aromatic carbocycles. The Morgan fingerprint density at radius 1 is 0.455 bits per heavy atom. The van der Waals surface area contributed by atoms with Gasteiger partial charge >= 0.3 is 6.03 Å². The summed E-state index contributed by atoms with van der Waals surface area (Å²) in [6.07, 6.45) is 30.3. The molecular weight excluding hydrogens is 404 g/mol. The van der Waals surface area contributed by atoms with Crippen LogP contribution in [0.15, 0.2) is 0 Å². The van der Waals surface area contributed by atoms with E-state index < -0.39 is 0 Å². The Balaban J connectivity index is 3.99. The Bertz CT molecular complexity index is 367. The average Bonchev–Trinajstić information content (AvgIpc) is 2.82. The molecule has 0 heterocycles. The SMILES string of the molecule is CCCCCCCCCCCNC(=O)N(CCCCCCCCC)CCCCCCCCC. The molecule has 0 rings (SSSR count). The summed E-state index contributed by atoms with van der Waals surface area (Å²) in [6, 6.07) is 0.187. The first kappa shape index (κ1) is 32.3. The van der Waals surface area contributed by atoms with Crippen LogP contribution >= 0.6 is 0 Å². The van der Waals surface area contributed by atoms with E-state index in [4.69, 9.17) is 0 Å². The Labute approximate surface area is 209 Å². The molecule has 0 saturated heterocycles. The van der Waals surface area contributed by atoms with Crippen molar-refractivity contribution in [2.24, 2.45) is 0 Å². The highest BCUT2D eigenvalue weighted by Crippen LogP contribution is 2.11. The van der Waals surface area contributed by atoms with E-state index in [9.17, 15) is 4.79 Å². The number of amides is 2. The van der Waals surface area contributed by atoms with Crippen LogP contribution in [0.4, 0.5) is 4.79 Å². The zero-order valence-electron chi connectivity index (χ0n) is 23.2. The van der Waals surface area contributed by atoms with E-state index in [-0.39, 0.29) is 6.03 Å². The molecule has 0 unspecified atom stereocenters. The molecule has 33 heavy (non-hydrogen) atoms. The first-order chi connectivity index (χ1) is 16.3. The summed E-state index contributed by atoms with van der Waals surface area (Å²) in [6.45, 7) is 9.54. The van der Waals surface area contributed by atoms with Gasteiger partial charge in [0, 0.05) is 19.6 Å². The monoisotopic (exact) mass is 466 g/mol. The second-order valence-electron chi connectivity index (χ2n) is 10.3. The summed E-state index contributed by atoms with van der Waals surface area (Å²) < 4.78 is 0. The molecular formula is C30H62N2O. The molecule has 0 atom stereocenters. The zero-order valence-corrected chi connectivity index (χ0v) is 23.2. The van der Waals surface area contributed by atoms with Crippen molar-refractivity contribution < 1.29 is 4.79 Å². The second-order valence-corrected chi connectivity index (χ2v) is 10.3. The van der Waals surface area contributed by atoms with Crippen molar-refractivity contribution in [2.45, 2.75) is 168 Å². The van der Waals surface area contributed by atoms with Crippen LogP contribution in [0.2, 0.25) is 0 Å². The lowest BCUT2D eigenvalue weighted by Crippen LogP contribution is -2.41. The van der Waals surface area contributed by atoms with Crippen molar-refractivity contribution in [1.29, 1.82) is 0 Å². The highest BCUT2D eigenvalue weighted by molar-refractivity contribution is 5.74. The third-order valence-electron chi connectivity index (χ3n) is 6.91.